The van der Waals surface area contributed by atoms with E-state index >= 15 is 0 Å². The van der Waals surface area contributed by atoms with Gasteiger partial charge in [-0.15, -0.1) is 0 Å². The molecule has 0 saturated carbocycles. The minimum Gasteiger partial charge on any atom is -0.496 e. The Morgan fingerprint density at radius 3 is 2.87 bits per heavy atom. The number of ether oxygens (including phenoxy) is 1. The Morgan fingerprint density at radius 1 is 1.35 bits per heavy atom. The molecule has 0 saturated heterocycles. The maximum atomic E-state index is 13.9. The van der Waals surface area contributed by atoms with Gasteiger partial charge in [0.2, 0.25) is 0 Å². The predicted molar refractivity (Wildman–Crippen MR) is 78.4 cm³/mol. The van der Waals surface area contributed by atoms with Crippen molar-refractivity contribution in [3.63, 3.8) is 0 Å². The molecule has 1 aromatic heterocycles. The normalized spacial score (nSPS) is 13.6. The summed E-state index contributed by atoms with van der Waals surface area (Å²) in [5, 5.41) is 0. The number of carbonyl (C=O) groups is 1. The largest absolute Gasteiger partial charge is 0.496 e. The van der Waals surface area contributed by atoms with Gasteiger partial charge in [0.15, 0.2) is 11.6 Å². The van der Waals surface area contributed by atoms with Crippen LogP contribution < -0.4 is 10.3 Å². The lowest BCUT2D eigenvalue weighted by molar-refractivity contribution is 0.0728. The number of nitrogens with zero attached hydrogens (tertiary/aromatic N) is 1. The summed E-state index contributed by atoms with van der Waals surface area (Å²) in [6.45, 7) is 0.346. The summed E-state index contributed by atoms with van der Waals surface area (Å²) in [5.74, 6) is -2.12. The highest BCUT2D eigenvalue weighted by molar-refractivity contribution is 5.96. The maximum absolute atomic E-state index is 13.9. The summed E-state index contributed by atoms with van der Waals surface area (Å²) in [6, 6.07) is 3.80. The first-order valence-corrected chi connectivity index (χ1v) is 7.03. The van der Waals surface area contributed by atoms with E-state index in [4.69, 9.17) is 4.74 Å². The smallest absolute Gasteiger partial charge is 0.259 e. The molecule has 0 unspecified atom stereocenters. The van der Waals surface area contributed by atoms with Gasteiger partial charge in [0.05, 0.1) is 12.7 Å². The zero-order chi connectivity index (χ0) is 16.6. The number of benzene rings is 1. The van der Waals surface area contributed by atoms with Crippen LogP contribution in [0.3, 0.4) is 0 Å². The van der Waals surface area contributed by atoms with Crippen LogP contribution in [0.4, 0.5) is 8.78 Å². The first kappa shape index (κ1) is 15.2. The minimum absolute atomic E-state index is 0.0277. The monoisotopic (exact) mass is 320 g/mol. The second-order valence-corrected chi connectivity index (χ2v) is 5.26. The molecule has 0 radical (unpaired) electrons. The molecule has 7 heteroatoms. The van der Waals surface area contributed by atoms with Gasteiger partial charge in [0, 0.05) is 30.9 Å². The van der Waals surface area contributed by atoms with E-state index in [1.165, 1.54) is 30.3 Å². The van der Waals surface area contributed by atoms with Gasteiger partial charge in [0.25, 0.3) is 11.5 Å². The molecule has 23 heavy (non-hydrogen) atoms. The molecule has 1 aliphatic rings. The molecule has 0 atom stereocenters. The maximum Gasteiger partial charge on any atom is 0.259 e. The number of rotatable bonds is 2. The molecular formula is C16H14F2N2O3. The van der Waals surface area contributed by atoms with E-state index in [1.807, 2.05) is 0 Å². The molecule has 1 amide bonds. The fraction of sp³-hybridized carbons (Fsp3) is 0.250. The van der Waals surface area contributed by atoms with Gasteiger partial charge < -0.3 is 14.6 Å². The number of methoxy groups -OCH3 is 1. The number of amides is 1. The van der Waals surface area contributed by atoms with Crippen LogP contribution in [0.2, 0.25) is 0 Å². The molecule has 120 valence electrons. The fourth-order valence-electron chi connectivity index (χ4n) is 2.70. The molecule has 0 aliphatic carbocycles. The number of nitrogens with one attached hydrogen (secondary N) is 1. The molecule has 5 nitrogen and oxygen atoms in total. The molecule has 1 aliphatic heterocycles. The highest BCUT2D eigenvalue weighted by Gasteiger charge is 2.27. The van der Waals surface area contributed by atoms with Crippen LogP contribution in [0, 0.1) is 11.6 Å². The van der Waals surface area contributed by atoms with Crippen LogP contribution in [0.15, 0.2) is 29.2 Å². The third-order valence-corrected chi connectivity index (χ3v) is 3.92. The second kappa shape index (κ2) is 5.83. The lowest BCUT2D eigenvalue weighted by atomic mass is 9.98. The van der Waals surface area contributed by atoms with Crippen LogP contribution in [0.1, 0.15) is 21.5 Å². The SMILES string of the molecule is COc1cc(=O)[nH]cc1C(=O)N1CCc2ccc(F)c(F)c2C1. The van der Waals surface area contributed by atoms with Gasteiger partial charge in [-0.05, 0) is 18.1 Å². The molecule has 1 N–H and O–H groups in total. The molecule has 0 spiro atoms. The Morgan fingerprint density at radius 2 is 2.13 bits per heavy atom. The first-order valence-electron chi connectivity index (χ1n) is 7.03. The van der Waals surface area contributed by atoms with Gasteiger partial charge in [-0.2, -0.15) is 0 Å². The summed E-state index contributed by atoms with van der Waals surface area (Å²) in [4.78, 5) is 27.7. The van der Waals surface area contributed by atoms with Crippen LogP contribution >= 0.6 is 0 Å². The van der Waals surface area contributed by atoms with Crippen molar-refractivity contribution in [2.45, 2.75) is 13.0 Å². The van der Waals surface area contributed by atoms with Crippen molar-refractivity contribution in [2.75, 3.05) is 13.7 Å². The number of hydrogen-bond acceptors (Lipinski definition) is 3. The van der Waals surface area contributed by atoms with Crippen LogP contribution in [-0.2, 0) is 13.0 Å². The minimum atomic E-state index is -0.931. The Balaban J connectivity index is 1.93. The van der Waals surface area contributed by atoms with Crippen LogP contribution in [0.25, 0.3) is 0 Å². The van der Waals surface area contributed by atoms with Gasteiger partial charge >= 0.3 is 0 Å². The van der Waals surface area contributed by atoms with Gasteiger partial charge in [-0.3, -0.25) is 9.59 Å². The van der Waals surface area contributed by atoms with E-state index in [-0.39, 0.29) is 23.4 Å². The summed E-state index contributed by atoms with van der Waals surface area (Å²) >= 11 is 0. The van der Waals surface area contributed by atoms with Crippen LogP contribution in [-0.4, -0.2) is 29.4 Å². The van der Waals surface area contributed by atoms with Gasteiger partial charge in [0.1, 0.15) is 5.75 Å². The quantitative estimate of drug-likeness (QED) is 0.919. The number of aromatic amines is 1. The van der Waals surface area contributed by atoms with Crippen LogP contribution in [0.5, 0.6) is 5.75 Å². The Hall–Kier alpha value is -2.70. The molecule has 0 bridgehead atoms. The van der Waals surface area contributed by atoms with E-state index in [0.717, 1.165) is 6.07 Å². The number of halogens is 2. The highest BCUT2D eigenvalue weighted by Crippen LogP contribution is 2.26. The van der Waals surface area contributed by atoms with Crippen molar-refractivity contribution in [3.8, 4) is 5.75 Å². The van der Waals surface area contributed by atoms with Crippen molar-refractivity contribution < 1.29 is 18.3 Å². The van der Waals surface area contributed by atoms with Crippen molar-refractivity contribution in [1.29, 1.82) is 0 Å². The summed E-state index contributed by atoms with van der Waals surface area (Å²) in [6.07, 6.45) is 1.70. The molecule has 2 heterocycles. The summed E-state index contributed by atoms with van der Waals surface area (Å²) in [7, 11) is 1.35. The van der Waals surface area contributed by atoms with E-state index in [0.29, 0.717) is 18.5 Å². The number of H-pyrrole nitrogens is 1. The number of aromatic nitrogens is 1. The Labute approximate surface area is 130 Å². The van der Waals surface area contributed by atoms with E-state index in [9.17, 15) is 18.4 Å². The van der Waals surface area contributed by atoms with Gasteiger partial charge in [-0.1, -0.05) is 6.07 Å². The Kier molecular flexibility index (Phi) is 3.85. The van der Waals surface area contributed by atoms with Gasteiger partial charge in [-0.25, -0.2) is 8.78 Å². The zero-order valence-corrected chi connectivity index (χ0v) is 12.4. The van der Waals surface area contributed by atoms with Crippen molar-refractivity contribution >= 4 is 5.91 Å². The summed E-state index contributed by atoms with van der Waals surface area (Å²) in [5.41, 5.74) is 0.664. The number of hydrogen-bond donors (Lipinski definition) is 1. The average molecular weight is 320 g/mol. The topological polar surface area (TPSA) is 62.4 Å². The fourth-order valence-corrected chi connectivity index (χ4v) is 2.70. The second-order valence-electron chi connectivity index (χ2n) is 5.26. The molecule has 2 aromatic rings. The van der Waals surface area contributed by atoms with E-state index in [1.54, 1.807) is 0 Å². The number of fused-ring (bicyclic) bond motifs is 1. The van der Waals surface area contributed by atoms with E-state index < -0.39 is 23.1 Å². The average Bonchev–Trinajstić information content (AvgIpc) is 2.57. The van der Waals surface area contributed by atoms with Crippen molar-refractivity contribution in [2.24, 2.45) is 0 Å². The lowest BCUT2D eigenvalue weighted by Crippen LogP contribution is -2.37. The number of carbonyl (C=O) groups excluding carboxylic acids is 1. The van der Waals surface area contributed by atoms with Crippen molar-refractivity contribution in [3.05, 3.63) is 63.1 Å². The first-order chi connectivity index (χ1) is 11.0. The molecular weight excluding hydrogens is 306 g/mol. The summed E-state index contributed by atoms with van der Waals surface area (Å²) < 4.78 is 32.4. The number of pyridine rings is 1. The predicted octanol–water partition coefficient (Wildman–Crippen LogP) is 1.86. The lowest BCUT2D eigenvalue weighted by Gasteiger charge is -2.29. The third kappa shape index (κ3) is 2.69. The third-order valence-electron chi connectivity index (χ3n) is 3.92. The van der Waals surface area contributed by atoms with E-state index in [2.05, 4.69) is 4.98 Å². The Bertz CT molecular complexity index is 833. The zero-order valence-electron chi connectivity index (χ0n) is 12.4. The molecule has 1 aromatic carbocycles. The highest BCUT2D eigenvalue weighted by atomic mass is 19.2. The molecule has 0 fully saturated rings. The standard InChI is InChI=1S/C16H14F2N2O3/c1-23-13-6-14(21)19-7-10(13)16(22)20-5-4-9-2-3-12(17)15(18)11(9)8-20/h2-3,6-7H,4-5,8H2,1H3,(H,19,21). The molecule has 3 rings (SSSR count). The van der Waals surface area contributed by atoms with Crippen molar-refractivity contribution in [1.82, 2.24) is 9.88 Å².